The zero-order valence-electron chi connectivity index (χ0n) is 16.8. The van der Waals surface area contributed by atoms with Crippen LogP contribution in [0.15, 0.2) is 42.5 Å². The second kappa shape index (κ2) is 8.64. The number of carbonyl (C=O) groups excluding carboxylic acids is 2. The molecule has 2 aromatic carbocycles. The molecule has 0 saturated carbocycles. The predicted molar refractivity (Wildman–Crippen MR) is 108 cm³/mol. The lowest BCUT2D eigenvalue weighted by Gasteiger charge is -2.09. The van der Waals surface area contributed by atoms with Crippen LogP contribution in [-0.2, 0) is 16.1 Å². The Labute approximate surface area is 168 Å². The standard InChI is InChI=1S/C21H23N5O3/c1-13(2)29-21(28)17-9-6-8-16(11-17)20-23-25-26(24-20)12-19(27)22-18-10-5-7-14(3)15(18)4/h5-11,13H,12H2,1-4H3,(H,22,27). The lowest BCUT2D eigenvalue weighted by Crippen LogP contribution is -2.21. The summed E-state index contributed by atoms with van der Waals surface area (Å²) in [5, 5.41) is 15.0. The van der Waals surface area contributed by atoms with E-state index in [1.807, 2.05) is 32.0 Å². The molecule has 3 rings (SSSR count). The van der Waals surface area contributed by atoms with Gasteiger partial charge in [0.15, 0.2) is 0 Å². The SMILES string of the molecule is Cc1cccc(NC(=O)Cn2nnc(-c3cccc(C(=O)OC(C)C)c3)n2)c1C. The van der Waals surface area contributed by atoms with E-state index >= 15 is 0 Å². The summed E-state index contributed by atoms with van der Waals surface area (Å²) >= 11 is 0. The lowest BCUT2D eigenvalue weighted by atomic mass is 10.1. The molecular weight excluding hydrogens is 370 g/mol. The highest BCUT2D eigenvalue weighted by molar-refractivity contribution is 5.91. The molecule has 8 nitrogen and oxygen atoms in total. The maximum Gasteiger partial charge on any atom is 0.338 e. The number of rotatable bonds is 6. The van der Waals surface area contributed by atoms with Gasteiger partial charge in [0.2, 0.25) is 11.7 Å². The molecule has 1 N–H and O–H groups in total. The molecule has 1 aromatic heterocycles. The number of anilines is 1. The number of hydrogen-bond donors (Lipinski definition) is 1. The molecule has 150 valence electrons. The van der Waals surface area contributed by atoms with Gasteiger partial charge in [-0.15, -0.1) is 10.2 Å². The van der Waals surface area contributed by atoms with Crippen molar-refractivity contribution < 1.29 is 14.3 Å². The molecule has 0 aliphatic rings. The summed E-state index contributed by atoms with van der Waals surface area (Å²) in [5.41, 5.74) is 3.88. The molecule has 0 radical (unpaired) electrons. The number of esters is 1. The summed E-state index contributed by atoms with van der Waals surface area (Å²) in [6.07, 6.45) is -0.208. The maximum absolute atomic E-state index is 12.3. The third kappa shape index (κ3) is 5.04. The first-order chi connectivity index (χ1) is 13.8. The molecule has 0 aliphatic carbocycles. The quantitative estimate of drug-likeness (QED) is 0.646. The second-order valence-electron chi connectivity index (χ2n) is 6.97. The van der Waals surface area contributed by atoms with E-state index in [1.165, 1.54) is 4.80 Å². The van der Waals surface area contributed by atoms with Gasteiger partial charge < -0.3 is 10.1 Å². The summed E-state index contributed by atoms with van der Waals surface area (Å²) < 4.78 is 5.21. The van der Waals surface area contributed by atoms with E-state index in [0.717, 1.165) is 16.8 Å². The Hall–Kier alpha value is -3.55. The minimum atomic E-state index is -0.415. The van der Waals surface area contributed by atoms with Crippen LogP contribution in [0.4, 0.5) is 5.69 Å². The smallest absolute Gasteiger partial charge is 0.338 e. The van der Waals surface area contributed by atoms with Crippen molar-refractivity contribution in [3.63, 3.8) is 0 Å². The van der Waals surface area contributed by atoms with Crippen molar-refractivity contribution in [1.82, 2.24) is 20.2 Å². The van der Waals surface area contributed by atoms with E-state index in [9.17, 15) is 9.59 Å². The molecule has 0 atom stereocenters. The van der Waals surface area contributed by atoms with Crippen LogP contribution in [0, 0.1) is 13.8 Å². The molecule has 1 heterocycles. The molecule has 0 saturated heterocycles. The number of aromatic nitrogens is 4. The monoisotopic (exact) mass is 393 g/mol. The zero-order chi connectivity index (χ0) is 21.0. The first kappa shape index (κ1) is 20.2. The van der Waals surface area contributed by atoms with Crippen LogP contribution in [0.2, 0.25) is 0 Å². The van der Waals surface area contributed by atoms with Crippen LogP contribution in [0.5, 0.6) is 0 Å². The highest BCUT2D eigenvalue weighted by atomic mass is 16.5. The first-order valence-electron chi connectivity index (χ1n) is 9.29. The fourth-order valence-corrected chi connectivity index (χ4v) is 2.70. The van der Waals surface area contributed by atoms with Crippen molar-refractivity contribution in [3.8, 4) is 11.4 Å². The van der Waals surface area contributed by atoms with Crippen LogP contribution >= 0.6 is 0 Å². The van der Waals surface area contributed by atoms with E-state index in [2.05, 4.69) is 20.7 Å². The minimum Gasteiger partial charge on any atom is -0.459 e. The van der Waals surface area contributed by atoms with E-state index in [4.69, 9.17) is 4.74 Å². The third-order valence-electron chi connectivity index (χ3n) is 4.32. The number of nitrogens with zero attached hydrogens (tertiary/aromatic N) is 4. The number of ether oxygens (including phenoxy) is 1. The Morgan fingerprint density at radius 3 is 2.66 bits per heavy atom. The average molecular weight is 393 g/mol. The predicted octanol–water partition coefficient (Wildman–Crippen LogP) is 3.16. The van der Waals surface area contributed by atoms with Gasteiger partial charge in [0.05, 0.1) is 11.7 Å². The van der Waals surface area contributed by atoms with Crippen LogP contribution in [0.3, 0.4) is 0 Å². The zero-order valence-corrected chi connectivity index (χ0v) is 16.8. The Balaban J connectivity index is 1.70. The van der Waals surface area contributed by atoms with Crippen molar-refractivity contribution in [2.75, 3.05) is 5.32 Å². The number of aryl methyl sites for hydroxylation is 1. The Morgan fingerprint density at radius 2 is 1.90 bits per heavy atom. The number of amides is 1. The second-order valence-corrected chi connectivity index (χ2v) is 6.97. The van der Waals surface area contributed by atoms with Crippen LogP contribution in [0.25, 0.3) is 11.4 Å². The fourth-order valence-electron chi connectivity index (χ4n) is 2.70. The van der Waals surface area contributed by atoms with E-state index in [1.54, 1.807) is 38.1 Å². The van der Waals surface area contributed by atoms with E-state index in [-0.39, 0.29) is 18.6 Å². The number of carbonyl (C=O) groups is 2. The van der Waals surface area contributed by atoms with Crippen LogP contribution in [0.1, 0.15) is 35.3 Å². The molecule has 0 aliphatic heterocycles. The first-order valence-corrected chi connectivity index (χ1v) is 9.29. The summed E-state index contributed by atoms with van der Waals surface area (Å²) in [6, 6.07) is 12.5. The van der Waals surface area contributed by atoms with Gasteiger partial charge in [-0.1, -0.05) is 24.3 Å². The van der Waals surface area contributed by atoms with Crippen LogP contribution < -0.4 is 5.32 Å². The third-order valence-corrected chi connectivity index (χ3v) is 4.32. The molecule has 0 spiro atoms. The number of tetrazole rings is 1. The average Bonchev–Trinajstić information content (AvgIpc) is 3.13. The van der Waals surface area contributed by atoms with Crippen molar-refractivity contribution in [2.24, 2.45) is 0 Å². The van der Waals surface area contributed by atoms with Gasteiger partial charge in [-0.2, -0.15) is 4.80 Å². The molecule has 8 heteroatoms. The Kier molecular flexibility index (Phi) is 6.01. The van der Waals surface area contributed by atoms with Gasteiger partial charge in [-0.05, 0) is 62.2 Å². The molecule has 29 heavy (non-hydrogen) atoms. The summed E-state index contributed by atoms with van der Waals surface area (Å²) in [5.74, 6) is -0.345. The summed E-state index contributed by atoms with van der Waals surface area (Å²) in [6.45, 7) is 7.45. The van der Waals surface area contributed by atoms with Crippen molar-refractivity contribution in [2.45, 2.75) is 40.3 Å². The van der Waals surface area contributed by atoms with Gasteiger partial charge in [-0.3, -0.25) is 4.79 Å². The molecule has 1 amide bonds. The van der Waals surface area contributed by atoms with Gasteiger partial charge in [0, 0.05) is 11.3 Å². The van der Waals surface area contributed by atoms with Gasteiger partial charge in [-0.25, -0.2) is 4.79 Å². The van der Waals surface area contributed by atoms with Crippen molar-refractivity contribution in [3.05, 3.63) is 59.2 Å². The topological polar surface area (TPSA) is 99.0 Å². The molecule has 0 unspecified atom stereocenters. The Morgan fingerprint density at radius 1 is 1.14 bits per heavy atom. The van der Waals surface area contributed by atoms with Crippen molar-refractivity contribution >= 4 is 17.6 Å². The summed E-state index contributed by atoms with van der Waals surface area (Å²) in [7, 11) is 0. The van der Waals surface area contributed by atoms with Crippen LogP contribution in [-0.4, -0.2) is 38.2 Å². The fraction of sp³-hybridized carbons (Fsp3) is 0.286. The number of nitrogens with one attached hydrogen (secondary N) is 1. The highest BCUT2D eigenvalue weighted by Gasteiger charge is 2.14. The van der Waals surface area contributed by atoms with E-state index in [0.29, 0.717) is 17.0 Å². The number of benzene rings is 2. The van der Waals surface area contributed by atoms with Crippen molar-refractivity contribution in [1.29, 1.82) is 0 Å². The van der Waals surface area contributed by atoms with Gasteiger partial charge in [0.25, 0.3) is 0 Å². The highest BCUT2D eigenvalue weighted by Crippen LogP contribution is 2.18. The minimum absolute atomic E-state index is 0.0739. The largest absolute Gasteiger partial charge is 0.459 e. The molecule has 3 aromatic rings. The van der Waals surface area contributed by atoms with Gasteiger partial charge >= 0.3 is 5.97 Å². The number of hydrogen-bond acceptors (Lipinski definition) is 6. The summed E-state index contributed by atoms with van der Waals surface area (Å²) in [4.78, 5) is 25.6. The van der Waals surface area contributed by atoms with Gasteiger partial charge in [0.1, 0.15) is 6.54 Å². The molecule has 0 fully saturated rings. The van der Waals surface area contributed by atoms with E-state index < -0.39 is 5.97 Å². The maximum atomic E-state index is 12.3. The normalized spacial score (nSPS) is 10.8. The molecule has 0 bridgehead atoms. The molecular formula is C21H23N5O3. The Bertz CT molecular complexity index is 1040. The lowest BCUT2D eigenvalue weighted by molar-refractivity contribution is -0.117.